The second-order valence-electron chi connectivity index (χ2n) is 5.99. The summed E-state index contributed by atoms with van der Waals surface area (Å²) in [5.41, 5.74) is 2.87. The van der Waals surface area contributed by atoms with Crippen molar-refractivity contribution in [2.45, 2.75) is 25.9 Å². The van der Waals surface area contributed by atoms with E-state index in [-0.39, 0.29) is 11.9 Å². The lowest BCUT2D eigenvalue weighted by Gasteiger charge is -2.34. The Morgan fingerprint density at radius 2 is 2.00 bits per heavy atom. The summed E-state index contributed by atoms with van der Waals surface area (Å²) in [5.74, 6) is -0.220. The molecule has 0 atom stereocenters. The first-order valence-corrected chi connectivity index (χ1v) is 8.10. The van der Waals surface area contributed by atoms with Crippen LogP contribution >= 0.6 is 0 Å². The van der Waals surface area contributed by atoms with Crippen LogP contribution in [-0.4, -0.2) is 44.5 Å². The molecular weight excluding hydrogens is 295 g/mol. The first-order valence-electron chi connectivity index (χ1n) is 8.10. The standard InChI is InChI=1S/C18H23FN2O2/c1-13-11-18(16-12-14(19)3-4-17(16)20-13)21-7-5-15(6-8-21)23-10-9-22-2/h3-4,11-12,15H,5-10H2,1-2H3. The zero-order chi connectivity index (χ0) is 16.2. The first-order chi connectivity index (χ1) is 11.2. The van der Waals surface area contributed by atoms with Crippen LogP contribution < -0.4 is 4.90 Å². The predicted octanol–water partition coefficient (Wildman–Crippen LogP) is 3.31. The zero-order valence-electron chi connectivity index (χ0n) is 13.7. The molecule has 0 radical (unpaired) electrons. The van der Waals surface area contributed by atoms with Crippen LogP contribution in [0.3, 0.4) is 0 Å². The van der Waals surface area contributed by atoms with Gasteiger partial charge in [-0.15, -0.1) is 0 Å². The molecule has 23 heavy (non-hydrogen) atoms. The van der Waals surface area contributed by atoms with Crippen LogP contribution in [0.25, 0.3) is 10.9 Å². The fourth-order valence-corrected chi connectivity index (χ4v) is 3.13. The first kappa shape index (κ1) is 16.1. The van der Waals surface area contributed by atoms with Gasteiger partial charge in [0.05, 0.1) is 24.8 Å². The highest BCUT2D eigenvalue weighted by Crippen LogP contribution is 2.30. The van der Waals surface area contributed by atoms with E-state index in [0.29, 0.717) is 13.2 Å². The molecule has 1 aromatic carbocycles. The Labute approximate surface area is 136 Å². The van der Waals surface area contributed by atoms with Crippen molar-refractivity contribution in [2.24, 2.45) is 0 Å². The van der Waals surface area contributed by atoms with Crippen molar-refractivity contribution in [1.82, 2.24) is 4.98 Å². The molecule has 124 valence electrons. The number of fused-ring (bicyclic) bond motifs is 1. The Bertz CT molecular complexity index is 669. The summed E-state index contributed by atoms with van der Waals surface area (Å²) in [6.45, 7) is 5.07. The molecule has 3 rings (SSSR count). The van der Waals surface area contributed by atoms with E-state index in [9.17, 15) is 4.39 Å². The number of aromatic nitrogens is 1. The van der Waals surface area contributed by atoms with E-state index in [2.05, 4.69) is 9.88 Å². The van der Waals surface area contributed by atoms with Crippen LogP contribution in [0.2, 0.25) is 0 Å². The number of rotatable bonds is 5. The molecule has 1 saturated heterocycles. The molecular formula is C18H23FN2O2. The number of pyridine rings is 1. The maximum atomic E-state index is 13.6. The molecule has 2 heterocycles. The van der Waals surface area contributed by atoms with E-state index < -0.39 is 0 Å². The third-order valence-corrected chi connectivity index (χ3v) is 4.30. The molecule has 0 amide bonds. The van der Waals surface area contributed by atoms with Gasteiger partial charge in [0.1, 0.15) is 5.82 Å². The molecule has 0 saturated carbocycles. The fraction of sp³-hybridized carbons (Fsp3) is 0.500. The summed E-state index contributed by atoms with van der Waals surface area (Å²) >= 11 is 0. The second kappa shape index (κ2) is 7.23. The van der Waals surface area contributed by atoms with Gasteiger partial charge in [0.15, 0.2) is 0 Å². The van der Waals surface area contributed by atoms with Crippen LogP contribution in [0, 0.1) is 12.7 Å². The largest absolute Gasteiger partial charge is 0.382 e. The Morgan fingerprint density at radius 3 is 2.74 bits per heavy atom. The zero-order valence-corrected chi connectivity index (χ0v) is 13.7. The lowest BCUT2D eigenvalue weighted by Crippen LogP contribution is -2.37. The number of anilines is 1. The molecule has 0 N–H and O–H groups in total. The third-order valence-electron chi connectivity index (χ3n) is 4.30. The average molecular weight is 318 g/mol. The Morgan fingerprint density at radius 1 is 1.22 bits per heavy atom. The molecule has 1 aliphatic rings. The van der Waals surface area contributed by atoms with Crippen molar-refractivity contribution < 1.29 is 13.9 Å². The Kier molecular flexibility index (Phi) is 5.08. The van der Waals surface area contributed by atoms with Crippen molar-refractivity contribution in [1.29, 1.82) is 0 Å². The number of hydrogen-bond donors (Lipinski definition) is 0. The summed E-state index contributed by atoms with van der Waals surface area (Å²) in [7, 11) is 1.68. The Balaban J connectivity index is 1.75. The molecule has 1 aromatic heterocycles. The Hall–Kier alpha value is -1.72. The fourth-order valence-electron chi connectivity index (χ4n) is 3.13. The number of halogens is 1. The van der Waals surface area contributed by atoms with E-state index in [0.717, 1.165) is 48.2 Å². The van der Waals surface area contributed by atoms with Gasteiger partial charge in [0.2, 0.25) is 0 Å². The normalized spacial score (nSPS) is 16.2. The van der Waals surface area contributed by atoms with Crippen molar-refractivity contribution in [3.8, 4) is 0 Å². The lowest BCUT2D eigenvalue weighted by atomic mass is 10.0. The van der Waals surface area contributed by atoms with Gasteiger partial charge in [-0.25, -0.2) is 4.39 Å². The van der Waals surface area contributed by atoms with Crippen LogP contribution in [-0.2, 0) is 9.47 Å². The number of ether oxygens (including phenoxy) is 2. The van der Waals surface area contributed by atoms with Gasteiger partial charge in [-0.1, -0.05) is 0 Å². The minimum atomic E-state index is -0.220. The van der Waals surface area contributed by atoms with Crippen molar-refractivity contribution in [2.75, 3.05) is 38.3 Å². The summed E-state index contributed by atoms with van der Waals surface area (Å²) in [6.07, 6.45) is 2.23. The number of methoxy groups -OCH3 is 1. The molecule has 1 aliphatic heterocycles. The quantitative estimate of drug-likeness (QED) is 0.792. The van der Waals surface area contributed by atoms with E-state index in [1.54, 1.807) is 19.2 Å². The monoisotopic (exact) mass is 318 g/mol. The van der Waals surface area contributed by atoms with E-state index in [1.165, 1.54) is 6.07 Å². The number of piperidine rings is 1. The van der Waals surface area contributed by atoms with Gasteiger partial charge in [0, 0.05) is 37.0 Å². The van der Waals surface area contributed by atoms with Crippen LogP contribution in [0.1, 0.15) is 18.5 Å². The summed E-state index contributed by atoms with van der Waals surface area (Å²) < 4.78 is 24.5. The highest BCUT2D eigenvalue weighted by atomic mass is 19.1. The van der Waals surface area contributed by atoms with Crippen molar-refractivity contribution in [3.63, 3.8) is 0 Å². The van der Waals surface area contributed by atoms with Gasteiger partial charge >= 0.3 is 0 Å². The highest BCUT2D eigenvalue weighted by molar-refractivity contribution is 5.92. The molecule has 0 aliphatic carbocycles. The van der Waals surface area contributed by atoms with Crippen LogP contribution in [0.4, 0.5) is 10.1 Å². The summed E-state index contributed by atoms with van der Waals surface area (Å²) in [4.78, 5) is 6.82. The van der Waals surface area contributed by atoms with Crippen LogP contribution in [0.15, 0.2) is 24.3 Å². The van der Waals surface area contributed by atoms with E-state index >= 15 is 0 Å². The van der Waals surface area contributed by atoms with Crippen molar-refractivity contribution >= 4 is 16.6 Å². The molecule has 5 heteroatoms. The highest BCUT2D eigenvalue weighted by Gasteiger charge is 2.21. The number of hydrogen-bond acceptors (Lipinski definition) is 4. The minimum absolute atomic E-state index is 0.220. The maximum absolute atomic E-state index is 13.6. The molecule has 0 unspecified atom stereocenters. The van der Waals surface area contributed by atoms with Gasteiger partial charge < -0.3 is 14.4 Å². The van der Waals surface area contributed by atoms with E-state index in [4.69, 9.17) is 9.47 Å². The molecule has 4 nitrogen and oxygen atoms in total. The summed E-state index contributed by atoms with van der Waals surface area (Å²) in [5, 5.41) is 0.884. The number of aryl methyl sites for hydroxylation is 1. The molecule has 0 bridgehead atoms. The maximum Gasteiger partial charge on any atom is 0.124 e. The van der Waals surface area contributed by atoms with Crippen molar-refractivity contribution in [3.05, 3.63) is 35.8 Å². The third kappa shape index (κ3) is 3.79. The molecule has 2 aromatic rings. The molecule has 1 fully saturated rings. The number of benzene rings is 1. The smallest absolute Gasteiger partial charge is 0.124 e. The van der Waals surface area contributed by atoms with E-state index in [1.807, 2.05) is 13.0 Å². The second-order valence-corrected chi connectivity index (χ2v) is 5.99. The number of nitrogens with zero attached hydrogens (tertiary/aromatic N) is 2. The predicted molar refractivity (Wildman–Crippen MR) is 89.5 cm³/mol. The average Bonchev–Trinajstić information content (AvgIpc) is 2.55. The van der Waals surface area contributed by atoms with Gasteiger partial charge in [-0.05, 0) is 44.0 Å². The minimum Gasteiger partial charge on any atom is -0.382 e. The summed E-state index contributed by atoms with van der Waals surface area (Å²) in [6, 6.07) is 6.85. The molecule has 0 spiro atoms. The van der Waals surface area contributed by atoms with Gasteiger partial charge in [-0.2, -0.15) is 0 Å². The van der Waals surface area contributed by atoms with Gasteiger partial charge in [-0.3, -0.25) is 4.98 Å². The topological polar surface area (TPSA) is 34.6 Å². The lowest BCUT2D eigenvalue weighted by molar-refractivity contribution is 0.00612. The SMILES string of the molecule is COCCOC1CCN(c2cc(C)nc3ccc(F)cc23)CC1. The van der Waals surface area contributed by atoms with Gasteiger partial charge in [0.25, 0.3) is 0 Å². The van der Waals surface area contributed by atoms with Crippen LogP contribution in [0.5, 0.6) is 0 Å².